The van der Waals surface area contributed by atoms with Gasteiger partial charge in [0, 0.05) is 43.7 Å². The molecule has 0 aromatic heterocycles. The van der Waals surface area contributed by atoms with Crippen molar-refractivity contribution in [1.82, 2.24) is 15.1 Å². The number of amides is 1. The van der Waals surface area contributed by atoms with Gasteiger partial charge in [-0.1, -0.05) is 6.07 Å². The molecular formula is C27H32Cl2F7N3O. The summed E-state index contributed by atoms with van der Waals surface area (Å²) in [4.78, 5) is 17.0. The second-order valence-electron chi connectivity index (χ2n) is 10.2. The first-order valence-electron chi connectivity index (χ1n) is 12.5. The van der Waals surface area contributed by atoms with Gasteiger partial charge in [-0.3, -0.25) is 9.69 Å². The standard InChI is InChI=1S/C27H30F7N3O.2ClH/c1-16-11-20(28)3-4-22(16)23-15-37(21-5-8-35-9-6-21)10-7-24(23)36(2)25(38)17-12-18(26(29,30)31)14-19(13-17)27(32,33)34;;/h3-4,11-14,21,23-24,35H,5-10,15H2,1-2H3;2*1H. The molecule has 2 unspecified atom stereocenters. The predicted molar refractivity (Wildman–Crippen MR) is 143 cm³/mol. The Hall–Kier alpha value is -2.08. The zero-order valence-corrected chi connectivity index (χ0v) is 23.5. The molecule has 2 aromatic rings. The van der Waals surface area contributed by atoms with Crippen LogP contribution in [0.3, 0.4) is 0 Å². The normalized spacial score (nSPS) is 20.8. The van der Waals surface area contributed by atoms with Crippen LogP contribution in [0, 0.1) is 12.7 Å². The molecule has 4 rings (SSSR count). The van der Waals surface area contributed by atoms with Crippen molar-refractivity contribution in [3.63, 3.8) is 0 Å². The van der Waals surface area contributed by atoms with E-state index in [1.54, 1.807) is 13.0 Å². The molecule has 40 heavy (non-hydrogen) atoms. The Labute approximate surface area is 241 Å². The van der Waals surface area contributed by atoms with Crippen molar-refractivity contribution in [1.29, 1.82) is 0 Å². The second kappa shape index (κ2) is 13.3. The fraction of sp³-hybridized carbons (Fsp3) is 0.519. The van der Waals surface area contributed by atoms with Crippen LogP contribution >= 0.6 is 24.8 Å². The summed E-state index contributed by atoms with van der Waals surface area (Å²) < 4.78 is 94.3. The van der Waals surface area contributed by atoms with Gasteiger partial charge in [-0.2, -0.15) is 26.3 Å². The maximum absolute atomic E-state index is 13.9. The zero-order chi connectivity index (χ0) is 27.8. The number of likely N-dealkylation sites (tertiary alicyclic amines) is 1. The number of halogens is 9. The number of piperidine rings is 2. The lowest BCUT2D eigenvalue weighted by atomic mass is 9.81. The lowest BCUT2D eigenvalue weighted by molar-refractivity contribution is -0.143. The third-order valence-corrected chi connectivity index (χ3v) is 7.72. The van der Waals surface area contributed by atoms with Gasteiger partial charge in [-0.25, -0.2) is 4.39 Å². The Balaban J connectivity index is 0.00000280. The van der Waals surface area contributed by atoms with Crippen molar-refractivity contribution in [3.8, 4) is 0 Å². The number of hydrogen-bond acceptors (Lipinski definition) is 3. The van der Waals surface area contributed by atoms with Crippen molar-refractivity contribution < 1.29 is 35.5 Å². The van der Waals surface area contributed by atoms with E-state index in [0.717, 1.165) is 31.5 Å². The SMILES string of the molecule is Cc1cc(F)ccc1C1CN(C2CCNCC2)CCC1N(C)C(=O)c1cc(C(F)(F)F)cc(C(F)(F)F)c1.Cl.Cl. The van der Waals surface area contributed by atoms with Crippen LogP contribution < -0.4 is 5.32 Å². The minimum atomic E-state index is -5.05. The maximum Gasteiger partial charge on any atom is 0.416 e. The molecule has 0 radical (unpaired) electrons. The largest absolute Gasteiger partial charge is 0.416 e. The summed E-state index contributed by atoms with van der Waals surface area (Å²) in [6.07, 6.45) is -7.75. The Morgan fingerprint density at radius 3 is 2.02 bits per heavy atom. The van der Waals surface area contributed by atoms with Crippen molar-refractivity contribution >= 4 is 30.7 Å². The predicted octanol–water partition coefficient (Wildman–Crippen LogP) is 6.70. The van der Waals surface area contributed by atoms with Crippen molar-refractivity contribution in [2.75, 3.05) is 33.2 Å². The van der Waals surface area contributed by atoms with Crippen molar-refractivity contribution in [2.45, 2.75) is 56.5 Å². The Kier molecular flexibility index (Phi) is 11.3. The third-order valence-electron chi connectivity index (χ3n) is 7.72. The smallest absolute Gasteiger partial charge is 0.338 e. The van der Waals surface area contributed by atoms with Crippen molar-refractivity contribution in [3.05, 3.63) is 70.0 Å². The lowest BCUT2D eigenvalue weighted by Gasteiger charge is -2.46. The van der Waals surface area contributed by atoms with Gasteiger partial charge < -0.3 is 10.2 Å². The summed E-state index contributed by atoms with van der Waals surface area (Å²) in [6.45, 7) is 4.67. The van der Waals surface area contributed by atoms with E-state index in [-0.39, 0.29) is 36.8 Å². The van der Waals surface area contributed by atoms with Gasteiger partial charge in [-0.15, -0.1) is 24.8 Å². The molecule has 2 atom stereocenters. The van der Waals surface area contributed by atoms with Crippen LogP contribution in [0.15, 0.2) is 36.4 Å². The highest BCUT2D eigenvalue weighted by Gasteiger charge is 2.41. The van der Waals surface area contributed by atoms with Gasteiger partial charge in [0.1, 0.15) is 5.82 Å². The molecule has 2 heterocycles. The van der Waals surface area contributed by atoms with E-state index in [2.05, 4.69) is 10.2 Å². The molecule has 0 spiro atoms. The number of benzene rings is 2. The minimum absolute atomic E-state index is 0. The molecule has 4 nitrogen and oxygen atoms in total. The molecule has 2 aliphatic rings. The van der Waals surface area contributed by atoms with E-state index in [9.17, 15) is 35.5 Å². The second-order valence-corrected chi connectivity index (χ2v) is 10.2. The average Bonchev–Trinajstić information content (AvgIpc) is 2.87. The molecule has 2 aliphatic heterocycles. The number of rotatable bonds is 4. The van der Waals surface area contributed by atoms with Crippen LogP contribution in [0.4, 0.5) is 30.7 Å². The van der Waals surface area contributed by atoms with Crippen LogP contribution in [0.5, 0.6) is 0 Å². The number of carbonyl (C=O) groups is 1. The molecule has 2 aromatic carbocycles. The molecule has 0 saturated carbocycles. The number of likely N-dealkylation sites (N-methyl/N-ethyl adjacent to an activating group) is 1. The van der Waals surface area contributed by atoms with Crippen molar-refractivity contribution in [2.24, 2.45) is 0 Å². The zero-order valence-electron chi connectivity index (χ0n) is 21.9. The van der Waals surface area contributed by atoms with E-state index < -0.39 is 46.8 Å². The highest BCUT2D eigenvalue weighted by molar-refractivity contribution is 5.95. The van der Waals surface area contributed by atoms with Crippen LogP contribution in [0.2, 0.25) is 0 Å². The van der Waals surface area contributed by atoms with Crippen LogP contribution in [-0.4, -0.2) is 61.0 Å². The fourth-order valence-electron chi connectivity index (χ4n) is 5.73. The first kappa shape index (κ1) is 34.1. The van der Waals surface area contributed by atoms with Gasteiger partial charge in [-0.05, 0) is 80.7 Å². The van der Waals surface area contributed by atoms with E-state index >= 15 is 0 Å². The molecule has 2 saturated heterocycles. The van der Waals surface area contributed by atoms with E-state index in [1.165, 1.54) is 24.1 Å². The van der Waals surface area contributed by atoms with Gasteiger partial charge in [0.05, 0.1) is 11.1 Å². The highest BCUT2D eigenvalue weighted by Crippen LogP contribution is 2.38. The molecule has 1 amide bonds. The monoisotopic (exact) mass is 617 g/mol. The molecule has 224 valence electrons. The summed E-state index contributed by atoms with van der Waals surface area (Å²) in [5, 5.41) is 3.32. The number of nitrogens with zero attached hydrogens (tertiary/aromatic N) is 2. The minimum Gasteiger partial charge on any atom is -0.338 e. The number of hydrogen-bond donors (Lipinski definition) is 1. The molecule has 0 aliphatic carbocycles. The van der Waals surface area contributed by atoms with Crippen LogP contribution in [0.25, 0.3) is 0 Å². The highest BCUT2D eigenvalue weighted by atomic mass is 35.5. The summed E-state index contributed by atoms with van der Waals surface area (Å²) in [5.74, 6) is -1.64. The Morgan fingerprint density at radius 2 is 1.50 bits per heavy atom. The molecular weight excluding hydrogens is 586 g/mol. The summed E-state index contributed by atoms with van der Waals surface area (Å²) >= 11 is 0. The topological polar surface area (TPSA) is 35.6 Å². The number of aryl methyl sites for hydroxylation is 1. The van der Waals surface area contributed by atoms with Crippen LogP contribution in [-0.2, 0) is 12.4 Å². The lowest BCUT2D eigenvalue weighted by Crippen LogP contribution is -2.54. The van der Waals surface area contributed by atoms with E-state index in [1.807, 2.05) is 0 Å². The molecule has 1 N–H and O–H groups in total. The van der Waals surface area contributed by atoms with Crippen LogP contribution in [0.1, 0.15) is 57.8 Å². The number of nitrogens with one attached hydrogen (secondary N) is 1. The number of carbonyl (C=O) groups excluding carboxylic acids is 1. The molecule has 13 heteroatoms. The average molecular weight is 618 g/mol. The number of alkyl halides is 6. The van der Waals surface area contributed by atoms with Gasteiger partial charge in [0.15, 0.2) is 0 Å². The summed E-state index contributed by atoms with van der Waals surface area (Å²) in [5.41, 5.74) is -2.27. The van der Waals surface area contributed by atoms with Gasteiger partial charge >= 0.3 is 12.4 Å². The van der Waals surface area contributed by atoms with E-state index in [0.29, 0.717) is 43.2 Å². The van der Waals surface area contributed by atoms with Gasteiger partial charge in [0.25, 0.3) is 5.91 Å². The Morgan fingerprint density at radius 1 is 0.925 bits per heavy atom. The third kappa shape index (κ3) is 7.60. The maximum atomic E-state index is 13.9. The Bertz CT molecular complexity index is 1140. The van der Waals surface area contributed by atoms with E-state index in [4.69, 9.17) is 0 Å². The van der Waals surface area contributed by atoms with Gasteiger partial charge in [0.2, 0.25) is 0 Å². The quantitative estimate of drug-likeness (QED) is 0.388. The fourth-order valence-corrected chi connectivity index (χ4v) is 5.73. The first-order chi connectivity index (χ1) is 17.8. The molecule has 0 bridgehead atoms. The molecule has 2 fully saturated rings. The first-order valence-corrected chi connectivity index (χ1v) is 12.5. The summed E-state index contributed by atoms with van der Waals surface area (Å²) in [7, 11) is 1.41. The summed E-state index contributed by atoms with van der Waals surface area (Å²) in [6, 6.07) is 5.13.